The molecule has 0 aliphatic heterocycles. The highest BCUT2D eigenvalue weighted by atomic mass is 16.6. The Balaban J connectivity index is 2.59. The predicted octanol–water partition coefficient (Wildman–Crippen LogP) is 2.14. The third-order valence-corrected chi connectivity index (χ3v) is 3.49. The average Bonchev–Trinajstić information content (AvgIpc) is 2.54. The fourth-order valence-electron chi connectivity index (χ4n) is 1.89. The van der Waals surface area contributed by atoms with Gasteiger partial charge in [-0.3, -0.25) is 10.1 Å². The molecule has 0 aliphatic carbocycles. The molecule has 7 heteroatoms. The molecule has 0 spiro atoms. The van der Waals surface area contributed by atoms with Crippen molar-refractivity contribution in [2.75, 3.05) is 7.05 Å². The third kappa shape index (κ3) is 6.45. The average molecular weight is 350 g/mol. The number of imide groups is 1. The first-order valence-electron chi connectivity index (χ1n) is 8.05. The zero-order valence-corrected chi connectivity index (χ0v) is 15.5. The Labute approximate surface area is 148 Å². The van der Waals surface area contributed by atoms with Crippen LogP contribution in [0.3, 0.4) is 0 Å². The van der Waals surface area contributed by atoms with E-state index in [1.807, 2.05) is 17.4 Å². The largest absolute Gasteiger partial charge is 0.479 e. The third-order valence-electron chi connectivity index (χ3n) is 3.49. The number of hydrogen-bond acceptors (Lipinski definition) is 5. The summed E-state index contributed by atoms with van der Waals surface area (Å²) in [5.74, 6) is -0.881. The second-order valence-corrected chi connectivity index (χ2v) is 6.68. The number of benzene rings is 1. The van der Waals surface area contributed by atoms with E-state index < -0.39 is 30.1 Å². The van der Waals surface area contributed by atoms with Crippen LogP contribution in [-0.2, 0) is 19.7 Å². The maximum atomic E-state index is 12.0. The van der Waals surface area contributed by atoms with Gasteiger partial charge in [0.15, 0.2) is 12.2 Å². The molecule has 7 nitrogen and oxygen atoms in total. The Morgan fingerprint density at radius 1 is 1.00 bits per heavy atom. The van der Waals surface area contributed by atoms with E-state index in [4.69, 9.17) is 9.47 Å². The first kappa shape index (κ1) is 20.5. The highest BCUT2D eigenvalue weighted by Gasteiger charge is 2.24. The fourth-order valence-corrected chi connectivity index (χ4v) is 1.89. The molecule has 1 aromatic carbocycles. The van der Waals surface area contributed by atoms with Gasteiger partial charge in [0.2, 0.25) is 0 Å². The van der Waals surface area contributed by atoms with Crippen LogP contribution in [-0.4, -0.2) is 37.2 Å². The van der Waals surface area contributed by atoms with Gasteiger partial charge in [0.25, 0.3) is 5.91 Å². The summed E-state index contributed by atoms with van der Waals surface area (Å²) in [6.07, 6.45) is -2.00. The minimum atomic E-state index is -1.11. The Hall–Kier alpha value is -2.57. The van der Waals surface area contributed by atoms with E-state index in [2.05, 4.69) is 26.1 Å². The molecular formula is C18H26N2O5. The van der Waals surface area contributed by atoms with E-state index in [1.165, 1.54) is 20.9 Å². The minimum Gasteiger partial charge on any atom is -0.479 e. The lowest BCUT2D eigenvalue weighted by atomic mass is 9.87. The summed E-state index contributed by atoms with van der Waals surface area (Å²) in [6.45, 7) is 9.22. The van der Waals surface area contributed by atoms with Gasteiger partial charge < -0.3 is 14.8 Å². The van der Waals surface area contributed by atoms with Crippen molar-refractivity contribution in [3.63, 3.8) is 0 Å². The smallest absolute Gasteiger partial charge is 0.347 e. The van der Waals surface area contributed by atoms with Gasteiger partial charge in [-0.05, 0) is 37.0 Å². The summed E-state index contributed by atoms with van der Waals surface area (Å²) >= 11 is 0. The van der Waals surface area contributed by atoms with E-state index in [9.17, 15) is 14.4 Å². The van der Waals surface area contributed by atoms with Gasteiger partial charge in [0.1, 0.15) is 5.75 Å². The molecule has 0 saturated carbocycles. The van der Waals surface area contributed by atoms with Crippen molar-refractivity contribution >= 4 is 17.9 Å². The lowest BCUT2D eigenvalue weighted by Gasteiger charge is -2.20. The summed E-state index contributed by atoms with van der Waals surface area (Å²) < 4.78 is 10.6. The second kappa shape index (κ2) is 8.50. The number of hydrogen-bond donors (Lipinski definition) is 2. The van der Waals surface area contributed by atoms with E-state index in [1.54, 1.807) is 12.1 Å². The van der Waals surface area contributed by atoms with Crippen molar-refractivity contribution in [1.29, 1.82) is 0 Å². The standard InChI is InChI=1S/C18H26N2O5/c1-11(15(21)20-17(23)19-6)25-16(22)12(2)24-14-9-7-13(8-10-14)18(3,4)5/h7-12H,1-6H3,(H2,19,20,21,23)/t11-,12+/m0/s1. The molecule has 1 rings (SSSR count). The highest BCUT2D eigenvalue weighted by Crippen LogP contribution is 2.24. The van der Waals surface area contributed by atoms with E-state index in [-0.39, 0.29) is 5.41 Å². The monoisotopic (exact) mass is 350 g/mol. The molecule has 0 radical (unpaired) electrons. The molecule has 25 heavy (non-hydrogen) atoms. The van der Waals surface area contributed by atoms with Crippen LogP contribution < -0.4 is 15.4 Å². The fraction of sp³-hybridized carbons (Fsp3) is 0.500. The van der Waals surface area contributed by atoms with Crippen molar-refractivity contribution in [2.24, 2.45) is 0 Å². The molecule has 0 unspecified atom stereocenters. The topological polar surface area (TPSA) is 93.7 Å². The van der Waals surface area contributed by atoms with Gasteiger partial charge >= 0.3 is 12.0 Å². The second-order valence-electron chi connectivity index (χ2n) is 6.68. The van der Waals surface area contributed by atoms with Gasteiger partial charge in [0, 0.05) is 7.05 Å². The quantitative estimate of drug-likeness (QED) is 0.794. The molecule has 0 aliphatic rings. The van der Waals surface area contributed by atoms with Crippen molar-refractivity contribution < 1.29 is 23.9 Å². The summed E-state index contributed by atoms with van der Waals surface area (Å²) in [5.41, 5.74) is 1.17. The summed E-state index contributed by atoms with van der Waals surface area (Å²) in [5, 5.41) is 4.28. The zero-order valence-electron chi connectivity index (χ0n) is 15.5. The lowest BCUT2D eigenvalue weighted by molar-refractivity contribution is -0.160. The molecule has 0 saturated heterocycles. The number of carbonyl (C=O) groups excluding carboxylic acids is 3. The SMILES string of the molecule is CNC(=O)NC(=O)[C@H](C)OC(=O)[C@@H](C)Oc1ccc(C(C)(C)C)cc1. The van der Waals surface area contributed by atoms with E-state index >= 15 is 0 Å². The summed E-state index contributed by atoms with van der Waals surface area (Å²) in [7, 11) is 1.38. The summed E-state index contributed by atoms with van der Waals surface area (Å²) in [6, 6.07) is 6.77. The van der Waals surface area contributed by atoms with Crippen LogP contribution in [0, 0.1) is 0 Å². The van der Waals surface area contributed by atoms with E-state index in [0.717, 1.165) is 5.56 Å². The van der Waals surface area contributed by atoms with Crippen LogP contribution in [0.1, 0.15) is 40.2 Å². The van der Waals surface area contributed by atoms with Gasteiger partial charge in [-0.1, -0.05) is 32.9 Å². The number of rotatable bonds is 5. The number of ether oxygens (including phenoxy) is 2. The van der Waals surface area contributed by atoms with Crippen molar-refractivity contribution in [3.8, 4) is 5.75 Å². The molecule has 2 N–H and O–H groups in total. The molecule has 138 valence electrons. The van der Waals surface area contributed by atoms with Crippen molar-refractivity contribution in [2.45, 2.75) is 52.2 Å². The molecule has 1 aromatic rings. The van der Waals surface area contributed by atoms with Crippen LogP contribution in [0.5, 0.6) is 5.75 Å². The van der Waals surface area contributed by atoms with Crippen LogP contribution in [0.25, 0.3) is 0 Å². The van der Waals surface area contributed by atoms with Gasteiger partial charge in [-0.25, -0.2) is 9.59 Å². The molecule has 3 amide bonds. The van der Waals surface area contributed by atoms with Crippen molar-refractivity contribution in [1.82, 2.24) is 10.6 Å². The number of urea groups is 1. The van der Waals surface area contributed by atoms with Gasteiger partial charge in [-0.2, -0.15) is 0 Å². The Bertz CT molecular complexity index is 619. The number of amides is 3. The predicted molar refractivity (Wildman–Crippen MR) is 93.4 cm³/mol. The number of nitrogens with one attached hydrogen (secondary N) is 2. The Morgan fingerprint density at radius 2 is 1.56 bits per heavy atom. The normalized spacial score (nSPS) is 13.4. The van der Waals surface area contributed by atoms with Crippen LogP contribution in [0.2, 0.25) is 0 Å². The van der Waals surface area contributed by atoms with Crippen molar-refractivity contribution in [3.05, 3.63) is 29.8 Å². The van der Waals surface area contributed by atoms with Crippen LogP contribution >= 0.6 is 0 Å². The Morgan fingerprint density at radius 3 is 2.04 bits per heavy atom. The molecule has 0 aromatic heterocycles. The summed E-state index contributed by atoms with van der Waals surface area (Å²) in [4.78, 5) is 34.8. The first-order chi connectivity index (χ1) is 11.5. The maximum Gasteiger partial charge on any atom is 0.347 e. The Kier molecular flexibility index (Phi) is 6.97. The number of esters is 1. The molecule has 2 atom stereocenters. The lowest BCUT2D eigenvalue weighted by Crippen LogP contribution is -2.44. The highest BCUT2D eigenvalue weighted by molar-refractivity contribution is 5.97. The molecule has 0 bridgehead atoms. The van der Waals surface area contributed by atoms with Gasteiger partial charge in [0.05, 0.1) is 0 Å². The van der Waals surface area contributed by atoms with Crippen LogP contribution in [0.15, 0.2) is 24.3 Å². The molecular weight excluding hydrogens is 324 g/mol. The number of carbonyl (C=O) groups is 3. The molecule has 0 fully saturated rings. The minimum absolute atomic E-state index is 0.0245. The van der Waals surface area contributed by atoms with Gasteiger partial charge in [-0.15, -0.1) is 0 Å². The first-order valence-corrected chi connectivity index (χ1v) is 8.05. The van der Waals surface area contributed by atoms with E-state index in [0.29, 0.717) is 5.75 Å². The van der Waals surface area contributed by atoms with Crippen LogP contribution in [0.4, 0.5) is 4.79 Å². The zero-order chi connectivity index (χ0) is 19.2. The maximum absolute atomic E-state index is 12.0. The molecule has 0 heterocycles.